The van der Waals surface area contributed by atoms with Gasteiger partial charge in [0, 0.05) is 12.1 Å². The second-order valence-electron chi connectivity index (χ2n) is 6.18. The van der Waals surface area contributed by atoms with E-state index in [0.717, 1.165) is 16.9 Å². The van der Waals surface area contributed by atoms with E-state index in [-0.39, 0.29) is 12.3 Å². The number of carbonyl (C=O) groups is 1. The number of ether oxygens (including phenoxy) is 2. The number of nitro benzene ring substituents is 1. The van der Waals surface area contributed by atoms with Crippen LogP contribution >= 0.6 is 0 Å². The van der Waals surface area contributed by atoms with Gasteiger partial charge in [0.25, 0.3) is 11.6 Å². The van der Waals surface area contributed by atoms with E-state index in [1.165, 1.54) is 30.5 Å². The van der Waals surface area contributed by atoms with Crippen molar-refractivity contribution in [2.45, 2.75) is 6.61 Å². The van der Waals surface area contributed by atoms with Gasteiger partial charge in [-0.25, -0.2) is 5.43 Å². The quantitative estimate of drug-likeness (QED) is 0.332. The molecule has 1 amide bonds. The Bertz CT molecular complexity index is 1000. The van der Waals surface area contributed by atoms with Gasteiger partial charge in [-0.2, -0.15) is 5.10 Å². The fraction of sp³-hybridized carbons (Fsp3) is 0.0909. The second-order valence-corrected chi connectivity index (χ2v) is 6.18. The van der Waals surface area contributed by atoms with Crippen molar-refractivity contribution in [1.82, 2.24) is 5.43 Å². The van der Waals surface area contributed by atoms with Gasteiger partial charge in [-0.15, -0.1) is 0 Å². The summed E-state index contributed by atoms with van der Waals surface area (Å²) in [7, 11) is 0. The lowest BCUT2D eigenvalue weighted by molar-refractivity contribution is -0.384. The van der Waals surface area contributed by atoms with Gasteiger partial charge in [-0.3, -0.25) is 14.9 Å². The molecule has 0 aliphatic carbocycles. The van der Waals surface area contributed by atoms with Gasteiger partial charge in [-0.05, 0) is 47.5 Å². The van der Waals surface area contributed by atoms with Gasteiger partial charge in [0.2, 0.25) is 0 Å². The predicted molar refractivity (Wildman–Crippen MR) is 112 cm³/mol. The fourth-order valence-corrected chi connectivity index (χ4v) is 2.42. The summed E-state index contributed by atoms with van der Waals surface area (Å²) >= 11 is 0. The molecule has 0 saturated carbocycles. The van der Waals surface area contributed by atoms with Crippen LogP contribution in [0.25, 0.3) is 0 Å². The SMILES string of the molecule is O=C(COc1ccc([N+](=O)[O-])cc1)N/N=C\c1ccc(OCc2ccccc2)cc1. The van der Waals surface area contributed by atoms with E-state index in [1.807, 2.05) is 54.6 Å². The van der Waals surface area contributed by atoms with Crippen molar-refractivity contribution in [1.29, 1.82) is 0 Å². The molecule has 0 aliphatic rings. The van der Waals surface area contributed by atoms with Crippen LogP contribution in [0.15, 0.2) is 84.0 Å². The molecule has 0 unspecified atom stereocenters. The maximum Gasteiger partial charge on any atom is 0.277 e. The van der Waals surface area contributed by atoms with Crippen molar-refractivity contribution in [3.8, 4) is 11.5 Å². The Morgan fingerprint density at radius 1 is 0.933 bits per heavy atom. The van der Waals surface area contributed by atoms with Crippen LogP contribution in [0.1, 0.15) is 11.1 Å². The molecule has 0 spiro atoms. The first kappa shape index (κ1) is 20.5. The number of carbonyl (C=O) groups excluding carboxylic acids is 1. The van der Waals surface area contributed by atoms with E-state index in [4.69, 9.17) is 9.47 Å². The molecule has 30 heavy (non-hydrogen) atoms. The first-order valence-corrected chi connectivity index (χ1v) is 9.06. The van der Waals surface area contributed by atoms with Gasteiger partial charge in [-0.1, -0.05) is 30.3 Å². The zero-order valence-electron chi connectivity index (χ0n) is 15.9. The molecule has 0 radical (unpaired) electrons. The first-order valence-electron chi connectivity index (χ1n) is 9.06. The van der Waals surface area contributed by atoms with Crippen LogP contribution < -0.4 is 14.9 Å². The summed E-state index contributed by atoms with van der Waals surface area (Å²) < 4.78 is 11.0. The highest BCUT2D eigenvalue weighted by Gasteiger charge is 2.06. The first-order chi connectivity index (χ1) is 14.6. The van der Waals surface area contributed by atoms with Crippen LogP contribution in [-0.2, 0) is 11.4 Å². The van der Waals surface area contributed by atoms with E-state index in [2.05, 4.69) is 10.5 Å². The Kier molecular flexibility index (Phi) is 7.10. The lowest BCUT2D eigenvalue weighted by Gasteiger charge is -2.06. The number of hydrogen-bond acceptors (Lipinski definition) is 6. The fourth-order valence-electron chi connectivity index (χ4n) is 2.42. The van der Waals surface area contributed by atoms with E-state index in [1.54, 1.807) is 0 Å². The molecule has 3 aromatic rings. The number of hydrazone groups is 1. The molecule has 0 fully saturated rings. The summed E-state index contributed by atoms with van der Waals surface area (Å²) in [6.07, 6.45) is 1.50. The minimum atomic E-state index is -0.507. The average molecular weight is 405 g/mol. The third-order valence-corrected chi connectivity index (χ3v) is 3.95. The van der Waals surface area contributed by atoms with Crippen molar-refractivity contribution < 1.29 is 19.2 Å². The Morgan fingerprint density at radius 3 is 2.23 bits per heavy atom. The van der Waals surface area contributed by atoms with Gasteiger partial charge >= 0.3 is 0 Å². The lowest BCUT2D eigenvalue weighted by atomic mass is 10.2. The van der Waals surface area contributed by atoms with Crippen molar-refractivity contribution in [2.24, 2.45) is 5.10 Å². The Labute approximate surface area is 172 Å². The Hall–Kier alpha value is -4.20. The summed E-state index contributed by atoms with van der Waals surface area (Å²) in [6.45, 7) is 0.223. The standard InChI is InChI=1S/C22H19N3O5/c26-22(16-30-21-12-8-19(9-13-21)25(27)28)24-23-14-17-6-10-20(11-7-17)29-15-18-4-2-1-3-5-18/h1-14H,15-16H2,(H,24,26)/b23-14-. The van der Waals surface area contributed by atoms with Crippen molar-refractivity contribution in [3.05, 3.63) is 100 Å². The second kappa shape index (κ2) is 10.4. The number of amides is 1. The van der Waals surface area contributed by atoms with Crippen molar-refractivity contribution in [3.63, 3.8) is 0 Å². The Morgan fingerprint density at radius 2 is 1.57 bits per heavy atom. The van der Waals surface area contributed by atoms with Crippen LogP contribution in [0.5, 0.6) is 11.5 Å². The van der Waals surface area contributed by atoms with E-state index < -0.39 is 10.8 Å². The normalized spacial score (nSPS) is 10.5. The molecule has 1 N–H and O–H groups in total. The largest absolute Gasteiger partial charge is 0.489 e. The number of nitrogens with zero attached hydrogens (tertiary/aromatic N) is 2. The predicted octanol–water partition coefficient (Wildman–Crippen LogP) is 3.70. The van der Waals surface area contributed by atoms with E-state index >= 15 is 0 Å². The minimum absolute atomic E-state index is 0.0483. The molecule has 0 aliphatic heterocycles. The zero-order chi connectivity index (χ0) is 21.2. The van der Waals surface area contributed by atoms with Crippen molar-refractivity contribution in [2.75, 3.05) is 6.61 Å². The van der Waals surface area contributed by atoms with Gasteiger partial charge < -0.3 is 9.47 Å². The van der Waals surface area contributed by atoms with E-state index in [9.17, 15) is 14.9 Å². The molecular weight excluding hydrogens is 386 g/mol. The summed E-state index contributed by atoms with van der Waals surface area (Å²) in [5, 5.41) is 14.5. The summed E-state index contributed by atoms with van der Waals surface area (Å²) in [4.78, 5) is 21.9. The molecule has 3 aromatic carbocycles. The third kappa shape index (κ3) is 6.45. The average Bonchev–Trinajstić information content (AvgIpc) is 2.78. The van der Waals surface area contributed by atoms with Crippen LogP contribution in [-0.4, -0.2) is 23.7 Å². The van der Waals surface area contributed by atoms with Crippen molar-refractivity contribution >= 4 is 17.8 Å². The van der Waals surface area contributed by atoms with Crippen LogP contribution in [0.2, 0.25) is 0 Å². The highest BCUT2D eigenvalue weighted by molar-refractivity contribution is 5.83. The Balaban J connectivity index is 1.40. The summed E-state index contributed by atoms with van der Waals surface area (Å²) in [5.41, 5.74) is 4.19. The highest BCUT2D eigenvalue weighted by Crippen LogP contribution is 2.17. The molecule has 0 bridgehead atoms. The molecule has 0 heterocycles. The zero-order valence-corrected chi connectivity index (χ0v) is 15.9. The van der Waals surface area contributed by atoms with E-state index in [0.29, 0.717) is 12.4 Å². The van der Waals surface area contributed by atoms with Crippen LogP contribution in [0.3, 0.4) is 0 Å². The minimum Gasteiger partial charge on any atom is -0.489 e. The topological polar surface area (TPSA) is 103 Å². The number of rotatable bonds is 9. The number of nitro groups is 1. The number of nitrogens with one attached hydrogen (secondary N) is 1. The summed E-state index contributed by atoms with van der Waals surface area (Å²) in [6, 6.07) is 22.6. The molecule has 8 nitrogen and oxygen atoms in total. The molecule has 8 heteroatoms. The van der Waals surface area contributed by atoms with Gasteiger partial charge in [0.05, 0.1) is 11.1 Å². The van der Waals surface area contributed by atoms with Gasteiger partial charge in [0.1, 0.15) is 18.1 Å². The molecule has 0 saturated heterocycles. The molecular formula is C22H19N3O5. The number of non-ortho nitro benzene ring substituents is 1. The molecule has 3 rings (SSSR count). The summed E-state index contributed by atoms with van der Waals surface area (Å²) in [5.74, 6) is 0.634. The third-order valence-electron chi connectivity index (χ3n) is 3.95. The highest BCUT2D eigenvalue weighted by atomic mass is 16.6. The van der Waals surface area contributed by atoms with Crippen LogP contribution in [0.4, 0.5) is 5.69 Å². The monoisotopic (exact) mass is 405 g/mol. The maximum absolute atomic E-state index is 11.8. The maximum atomic E-state index is 11.8. The number of benzene rings is 3. The van der Waals surface area contributed by atoms with Crippen LogP contribution in [0, 0.1) is 10.1 Å². The van der Waals surface area contributed by atoms with Gasteiger partial charge in [0.15, 0.2) is 6.61 Å². The molecule has 0 aromatic heterocycles. The molecule has 0 atom stereocenters. The lowest BCUT2D eigenvalue weighted by Crippen LogP contribution is -2.24. The smallest absolute Gasteiger partial charge is 0.277 e. The molecule has 152 valence electrons. The number of hydrogen-bond donors (Lipinski definition) is 1.